The molecule has 0 saturated carbocycles. The van der Waals surface area contributed by atoms with E-state index in [0.717, 1.165) is 18.4 Å². The third-order valence-corrected chi connectivity index (χ3v) is 2.84. The highest BCUT2D eigenvalue weighted by Crippen LogP contribution is 2.12. The zero-order valence-electron chi connectivity index (χ0n) is 10.1. The van der Waals surface area contributed by atoms with Crippen molar-refractivity contribution in [2.45, 2.75) is 26.2 Å². The van der Waals surface area contributed by atoms with Crippen LogP contribution in [0, 0.1) is 0 Å². The molecule has 1 N–H and O–H groups in total. The van der Waals surface area contributed by atoms with Crippen molar-refractivity contribution >= 4 is 5.78 Å². The summed E-state index contributed by atoms with van der Waals surface area (Å²) in [5, 5.41) is 0. The number of aryl methyl sites for hydroxylation is 1. The molecule has 0 aliphatic carbocycles. The van der Waals surface area contributed by atoms with Crippen molar-refractivity contribution in [3.8, 4) is 0 Å². The molecule has 0 atom stereocenters. The molecule has 2 aromatic rings. The van der Waals surface area contributed by atoms with Crippen molar-refractivity contribution in [2.75, 3.05) is 0 Å². The lowest BCUT2D eigenvalue weighted by atomic mass is 10.1. The number of nitrogens with one attached hydrogen (secondary N) is 1. The van der Waals surface area contributed by atoms with Gasteiger partial charge in [-0.1, -0.05) is 43.7 Å². The van der Waals surface area contributed by atoms with Gasteiger partial charge in [-0.15, -0.1) is 0 Å². The molecular formula is C15H17NO. The minimum absolute atomic E-state index is 0.0633. The minimum Gasteiger partial charge on any atom is -0.358 e. The maximum Gasteiger partial charge on any atom is 0.209 e. The van der Waals surface area contributed by atoms with Gasteiger partial charge in [0, 0.05) is 11.8 Å². The average Bonchev–Trinajstić information content (AvgIpc) is 2.85. The number of carbonyl (C=O) groups excluding carboxylic acids is 1. The van der Waals surface area contributed by atoms with Gasteiger partial charge >= 0.3 is 0 Å². The van der Waals surface area contributed by atoms with Gasteiger partial charge in [0.25, 0.3) is 0 Å². The average molecular weight is 227 g/mol. The third kappa shape index (κ3) is 2.84. The Morgan fingerprint density at radius 2 is 2.00 bits per heavy atom. The quantitative estimate of drug-likeness (QED) is 0.778. The smallest absolute Gasteiger partial charge is 0.209 e. The van der Waals surface area contributed by atoms with Crippen LogP contribution in [0.1, 0.15) is 41.4 Å². The van der Waals surface area contributed by atoms with Crippen molar-refractivity contribution in [1.82, 2.24) is 4.98 Å². The lowest BCUT2D eigenvalue weighted by Crippen LogP contribution is -2.00. The Balaban J connectivity index is 2.12. The molecule has 1 aromatic carbocycles. The van der Waals surface area contributed by atoms with Crippen molar-refractivity contribution in [3.63, 3.8) is 0 Å². The van der Waals surface area contributed by atoms with Crippen LogP contribution < -0.4 is 0 Å². The normalized spacial score (nSPS) is 10.4. The first-order valence-corrected chi connectivity index (χ1v) is 6.08. The number of aromatic nitrogens is 1. The van der Waals surface area contributed by atoms with Crippen LogP contribution in [-0.2, 0) is 6.42 Å². The maximum absolute atomic E-state index is 12.1. The standard InChI is InChI=1S/C15H17NO/c1-2-3-7-12-10-14(16-11-12)15(17)13-8-5-4-6-9-13/h4-6,8-11,16H,2-3,7H2,1H3. The molecule has 0 unspecified atom stereocenters. The van der Waals surface area contributed by atoms with E-state index in [-0.39, 0.29) is 5.78 Å². The molecule has 88 valence electrons. The second-order valence-electron chi connectivity index (χ2n) is 4.22. The van der Waals surface area contributed by atoms with E-state index < -0.39 is 0 Å². The number of ketones is 1. The van der Waals surface area contributed by atoms with Crippen molar-refractivity contribution in [2.24, 2.45) is 0 Å². The van der Waals surface area contributed by atoms with E-state index in [9.17, 15) is 4.79 Å². The Labute approximate surface area is 102 Å². The predicted molar refractivity (Wildman–Crippen MR) is 69.3 cm³/mol. The van der Waals surface area contributed by atoms with Gasteiger partial charge in [0.1, 0.15) is 0 Å². The summed E-state index contributed by atoms with van der Waals surface area (Å²) in [5.41, 5.74) is 2.63. The fourth-order valence-electron chi connectivity index (χ4n) is 1.84. The predicted octanol–water partition coefficient (Wildman–Crippen LogP) is 3.59. The molecule has 0 bridgehead atoms. The second-order valence-corrected chi connectivity index (χ2v) is 4.22. The van der Waals surface area contributed by atoms with Gasteiger partial charge in [-0.2, -0.15) is 0 Å². The molecule has 0 amide bonds. The molecule has 0 fully saturated rings. The highest BCUT2D eigenvalue weighted by molar-refractivity contribution is 6.07. The fraction of sp³-hybridized carbons (Fsp3) is 0.267. The van der Waals surface area contributed by atoms with Crippen LogP contribution in [-0.4, -0.2) is 10.8 Å². The Bertz CT molecular complexity index is 485. The molecule has 2 heteroatoms. The van der Waals surface area contributed by atoms with Crippen LogP contribution in [0.5, 0.6) is 0 Å². The van der Waals surface area contributed by atoms with E-state index in [0.29, 0.717) is 5.69 Å². The van der Waals surface area contributed by atoms with E-state index in [1.807, 2.05) is 42.6 Å². The first kappa shape index (κ1) is 11.6. The summed E-state index contributed by atoms with van der Waals surface area (Å²) in [4.78, 5) is 15.2. The molecule has 0 radical (unpaired) electrons. The molecule has 1 heterocycles. The lowest BCUT2D eigenvalue weighted by Gasteiger charge is -1.97. The topological polar surface area (TPSA) is 32.9 Å². The first-order valence-electron chi connectivity index (χ1n) is 6.08. The molecule has 0 spiro atoms. The van der Waals surface area contributed by atoms with E-state index in [4.69, 9.17) is 0 Å². The molecule has 0 saturated heterocycles. The molecule has 0 aliphatic rings. The molecule has 2 nitrogen and oxygen atoms in total. The Kier molecular flexibility index (Phi) is 3.76. The van der Waals surface area contributed by atoms with Crippen LogP contribution in [0.15, 0.2) is 42.6 Å². The Hall–Kier alpha value is -1.83. The van der Waals surface area contributed by atoms with E-state index in [1.165, 1.54) is 12.0 Å². The summed E-state index contributed by atoms with van der Waals surface area (Å²) in [5.74, 6) is 0.0633. The highest BCUT2D eigenvalue weighted by atomic mass is 16.1. The molecular weight excluding hydrogens is 210 g/mol. The molecule has 0 aliphatic heterocycles. The van der Waals surface area contributed by atoms with Gasteiger partial charge in [-0.3, -0.25) is 4.79 Å². The van der Waals surface area contributed by atoms with Crippen LogP contribution in [0.25, 0.3) is 0 Å². The van der Waals surface area contributed by atoms with Crippen LogP contribution in [0.3, 0.4) is 0 Å². The Morgan fingerprint density at radius 1 is 1.24 bits per heavy atom. The summed E-state index contributed by atoms with van der Waals surface area (Å²) in [7, 11) is 0. The summed E-state index contributed by atoms with van der Waals surface area (Å²) in [6.45, 7) is 2.17. The van der Waals surface area contributed by atoms with E-state index in [1.54, 1.807) is 0 Å². The summed E-state index contributed by atoms with van der Waals surface area (Å²) in [6, 6.07) is 11.3. The van der Waals surface area contributed by atoms with Crippen LogP contribution in [0.2, 0.25) is 0 Å². The zero-order valence-corrected chi connectivity index (χ0v) is 10.1. The molecule has 1 aromatic heterocycles. The second kappa shape index (κ2) is 5.48. The highest BCUT2D eigenvalue weighted by Gasteiger charge is 2.10. The van der Waals surface area contributed by atoms with Crippen LogP contribution in [0.4, 0.5) is 0 Å². The minimum atomic E-state index is 0.0633. The van der Waals surface area contributed by atoms with Gasteiger partial charge in [0.2, 0.25) is 5.78 Å². The number of carbonyl (C=O) groups is 1. The van der Waals surface area contributed by atoms with Gasteiger partial charge in [0.05, 0.1) is 5.69 Å². The lowest BCUT2D eigenvalue weighted by molar-refractivity contribution is 0.103. The number of unbranched alkanes of at least 4 members (excludes halogenated alkanes) is 1. The summed E-state index contributed by atoms with van der Waals surface area (Å²) < 4.78 is 0. The number of hydrogen-bond acceptors (Lipinski definition) is 1. The largest absolute Gasteiger partial charge is 0.358 e. The van der Waals surface area contributed by atoms with Crippen molar-refractivity contribution in [1.29, 1.82) is 0 Å². The van der Waals surface area contributed by atoms with Gasteiger partial charge < -0.3 is 4.98 Å². The molecule has 2 rings (SSSR count). The van der Waals surface area contributed by atoms with Crippen LogP contribution >= 0.6 is 0 Å². The SMILES string of the molecule is CCCCc1c[nH]c(C(=O)c2ccccc2)c1. The number of rotatable bonds is 5. The Morgan fingerprint density at radius 3 is 2.71 bits per heavy atom. The number of benzene rings is 1. The van der Waals surface area contributed by atoms with Gasteiger partial charge in [0.15, 0.2) is 0 Å². The fourth-order valence-corrected chi connectivity index (χ4v) is 1.84. The number of hydrogen-bond donors (Lipinski definition) is 1. The van der Waals surface area contributed by atoms with Crippen molar-refractivity contribution in [3.05, 3.63) is 59.4 Å². The van der Waals surface area contributed by atoms with Gasteiger partial charge in [-0.05, 0) is 24.5 Å². The van der Waals surface area contributed by atoms with Crippen molar-refractivity contribution < 1.29 is 4.79 Å². The zero-order chi connectivity index (χ0) is 12.1. The van der Waals surface area contributed by atoms with E-state index >= 15 is 0 Å². The third-order valence-electron chi connectivity index (χ3n) is 2.84. The monoisotopic (exact) mass is 227 g/mol. The first-order chi connectivity index (χ1) is 8.31. The number of H-pyrrole nitrogens is 1. The van der Waals surface area contributed by atoms with Gasteiger partial charge in [-0.25, -0.2) is 0 Å². The molecule has 17 heavy (non-hydrogen) atoms. The number of aromatic amines is 1. The summed E-state index contributed by atoms with van der Waals surface area (Å²) in [6.07, 6.45) is 5.31. The van der Waals surface area contributed by atoms with E-state index in [2.05, 4.69) is 11.9 Å². The summed E-state index contributed by atoms with van der Waals surface area (Å²) >= 11 is 0. The maximum atomic E-state index is 12.1.